The molecule has 0 radical (unpaired) electrons. The zero-order chi connectivity index (χ0) is 21.5. The summed E-state index contributed by atoms with van der Waals surface area (Å²) in [6, 6.07) is 9.98. The number of allylic oxidation sites excluding steroid dienone is 1. The lowest BCUT2D eigenvalue weighted by molar-refractivity contribution is 0.227. The van der Waals surface area contributed by atoms with Gasteiger partial charge in [-0.2, -0.15) is 0 Å². The van der Waals surface area contributed by atoms with E-state index in [0.29, 0.717) is 36.7 Å². The molecule has 160 valence electrons. The fourth-order valence-corrected chi connectivity index (χ4v) is 4.34. The molecule has 2 aromatic rings. The standard InChI is InChI=1S/C27H34O3/c1-3-25(28)12-8-7-11-22-17-23(21-9-5-4-6-10-21)18-24(27(22)30)16-20-13-14-26(29)19(2)15-20/h3,7-8,13-15,17-18,21,25,28-30H,1,4-6,9-12,16H2,2H3/b8-7+. The van der Waals surface area contributed by atoms with Gasteiger partial charge in [-0.05, 0) is 72.4 Å². The third-order valence-electron chi connectivity index (χ3n) is 6.18. The third kappa shape index (κ3) is 5.76. The molecule has 0 spiro atoms. The van der Waals surface area contributed by atoms with Crippen molar-refractivity contribution < 1.29 is 15.3 Å². The maximum absolute atomic E-state index is 11.0. The van der Waals surface area contributed by atoms with Crippen molar-refractivity contribution in [2.45, 2.75) is 70.3 Å². The quantitative estimate of drug-likeness (QED) is 0.466. The number of aromatic hydroxyl groups is 2. The molecule has 3 N–H and O–H groups in total. The van der Waals surface area contributed by atoms with Crippen LogP contribution in [0.2, 0.25) is 0 Å². The normalized spacial score (nSPS) is 16.1. The number of aryl methyl sites for hydroxylation is 1. The van der Waals surface area contributed by atoms with Crippen molar-refractivity contribution >= 4 is 0 Å². The summed E-state index contributed by atoms with van der Waals surface area (Å²) in [5.41, 5.74) is 5.13. The molecule has 0 amide bonds. The monoisotopic (exact) mass is 406 g/mol. The van der Waals surface area contributed by atoms with E-state index in [1.807, 2.05) is 31.2 Å². The van der Waals surface area contributed by atoms with Gasteiger partial charge in [0.2, 0.25) is 0 Å². The molecule has 3 heteroatoms. The molecular weight excluding hydrogens is 372 g/mol. The smallest absolute Gasteiger partial charge is 0.122 e. The minimum absolute atomic E-state index is 0.298. The molecule has 2 aromatic carbocycles. The molecule has 1 unspecified atom stereocenters. The lowest BCUT2D eigenvalue weighted by Gasteiger charge is -2.24. The van der Waals surface area contributed by atoms with Gasteiger partial charge in [-0.15, -0.1) is 6.58 Å². The lowest BCUT2D eigenvalue weighted by atomic mass is 9.82. The number of phenols is 2. The summed E-state index contributed by atoms with van der Waals surface area (Å²) in [5.74, 6) is 1.21. The van der Waals surface area contributed by atoms with E-state index in [4.69, 9.17) is 0 Å². The van der Waals surface area contributed by atoms with Gasteiger partial charge in [0, 0.05) is 6.42 Å². The van der Waals surface area contributed by atoms with Crippen LogP contribution in [0, 0.1) is 6.92 Å². The summed E-state index contributed by atoms with van der Waals surface area (Å²) in [6.45, 7) is 5.49. The summed E-state index contributed by atoms with van der Waals surface area (Å²) < 4.78 is 0. The molecule has 0 saturated heterocycles. The van der Waals surface area contributed by atoms with E-state index in [9.17, 15) is 15.3 Å². The molecule has 0 bridgehead atoms. The highest BCUT2D eigenvalue weighted by molar-refractivity contribution is 5.48. The maximum Gasteiger partial charge on any atom is 0.122 e. The number of aliphatic hydroxyl groups excluding tert-OH is 1. The van der Waals surface area contributed by atoms with Crippen LogP contribution < -0.4 is 0 Å². The first-order valence-corrected chi connectivity index (χ1v) is 11.1. The first-order chi connectivity index (χ1) is 14.5. The predicted molar refractivity (Wildman–Crippen MR) is 123 cm³/mol. The van der Waals surface area contributed by atoms with E-state index >= 15 is 0 Å². The second-order valence-corrected chi connectivity index (χ2v) is 8.53. The number of benzene rings is 2. The van der Waals surface area contributed by atoms with Crippen LogP contribution in [0.15, 0.2) is 55.1 Å². The van der Waals surface area contributed by atoms with Crippen molar-refractivity contribution in [3.05, 3.63) is 83.0 Å². The van der Waals surface area contributed by atoms with Crippen molar-refractivity contribution in [3.8, 4) is 11.5 Å². The first-order valence-electron chi connectivity index (χ1n) is 11.1. The van der Waals surface area contributed by atoms with Crippen LogP contribution in [0.5, 0.6) is 11.5 Å². The van der Waals surface area contributed by atoms with Gasteiger partial charge in [0.1, 0.15) is 11.5 Å². The molecular formula is C27H34O3. The molecule has 0 aromatic heterocycles. The van der Waals surface area contributed by atoms with Crippen LogP contribution in [0.4, 0.5) is 0 Å². The lowest BCUT2D eigenvalue weighted by Crippen LogP contribution is -2.06. The van der Waals surface area contributed by atoms with Crippen LogP contribution in [-0.2, 0) is 12.8 Å². The number of hydrogen-bond donors (Lipinski definition) is 3. The molecule has 1 saturated carbocycles. The number of phenolic OH excluding ortho intramolecular Hbond substituents is 2. The van der Waals surface area contributed by atoms with Crippen LogP contribution in [-0.4, -0.2) is 21.4 Å². The largest absolute Gasteiger partial charge is 0.508 e. The highest BCUT2D eigenvalue weighted by atomic mass is 16.3. The van der Waals surface area contributed by atoms with Gasteiger partial charge in [-0.3, -0.25) is 0 Å². The maximum atomic E-state index is 11.0. The van der Waals surface area contributed by atoms with Crippen molar-refractivity contribution in [1.82, 2.24) is 0 Å². The molecule has 1 fully saturated rings. The third-order valence-corrected chi connectivity index (χ3v) is 6.18. The Kier molecular flexibility index (Phi) is 7.75. The van der Waals surface area contributed by atoms with Crippen LogP contribution in [0.1, 0.15) is 72.3 Å². The second-order valence-electron chi connectivity index (χ2n) is 8.53. The number of aliphatic hydroxyl groups is 1. The molecule has 30 heavy (non-hydrogen) atoms. The van der Waals surface area contributed by atoms with Crippen LogP contribution in [0.25, 0.3) is 0 Å². The predicted octanol–water partition coefficient (Wildman–Crippen LogP) is 6.08. The molecule has 1 aliphatic rings. The minimum atomic E-state index is -0.531. The first kappa shape index (κ1) is 22.2. The van der Waals surface area contributed by atoms with E-state index in [2.05, 4.69) is 18.7 Å². The van der Waals surface area contributed by atoms with Crippen LogP contribution in [0.3, 0.4) is 0 Å². The van der Waals surface area contributed by atoms with Crippen molar-refractivity contribution in [2.24, 2.45) is 0 Å². The molecule has 1 atom stereocenters. The zero-order valence-corrected chi connectivity index (χ0v) is 18.0. The van der Waals surface area contributed by atoms with Gasteiger partial charge in [-0.1, -0.05) is 61.8 Å². The second kappa shape index (κ2) is 10.5. The zero-order valence-electron chi connectivity index (χ0n) is 18.0. The summed E-state index contributed by atoms with van der Waals surface area (Å²) in [7, 11) is 0. The Morgan fingerprint density at radius 3 is 2.47 bits per heavy atom. The van der Waals surface area contributed by atoms with Gasteiger partial charge in [0.05, 0.1) is 6.10 Å². The van der Waals surface area contributed by atoms with E-state index in [1.165, 1.54) is 43.7 Å². The summed E-state index contributed by atoms with van der Waals surface area (Å²) in [6.07, 6.45) is 13.0. The molecule has 0 aliphatic heterocycles. The van der Waals surface area contributed by atoms with Crippen molar-refractivity contribution in [2.75, 3.05) is 0 Å². The Labute approximate surface area is 180 Å². The van der Waals surface area contributed by atoms with E-state index in [1.54, 1.807) is 6.07 Å². The number of rotatable bonds is 8. The highest BCUT2D eigenvalue weighted by Crippen LogP contribution is 2.37. The number of hydrogen-bond acceptors (Lipinski definition) is 3. The molecule has 0 heterocycles. The van der Waals surface area contributed by atoms with E-state index < -0.39 is 6.10 Å². The SMILES string of the molecule is C=CC(O)C/C=C/Cc1cc(C2CCCCC2)cc(Cc2ccc(O)c(C)c2)c1O. The molecule has 1 aliphatic carbocycles. The molecule has 3 rings (SSSR count). The summed E-state index contributed by atoms with van der Waals surface area (Å²) >= 11 is 0. The Morgan fingerprint density at radius 2 is 1.77 bits per heavy atom. The Hall–Kier alpha value is -2.52. The van der Waals surface area contributed by atoms with Crippen molar-refractivity contribution in [3.63, 3.8) is 0 Å². The van der Waals surface area contributed by atoms with Gasteiger partial charge in [0.15, 0.2) is 0 Å². The van der Waals surface area contributed by atoms with Gasteiger partial charge < -0.3 is 15.3 Å². The molecule has 3 nitrogen and oxygen atoms in total. The fourth-order valence-electron chi connectivity index (χ4n) is 4.34. The Balaban J connectivity index is 1.88. The Bertz CT molecular complexity index is 891. The van der Waals surface area contributed by atoms with E-state index in [-0.39, 0.29) is 0 Å². The van der Waals surface area contributed by atoms with Gasteiger partial charge in [-0.25, -0.2) is 0 Å². The summed E-state index contributed by atoms with van der Waals surface area (Å²) in [5, 5.41) is 30.5. The fraction of sp³-hybridized carbons (Fsp3) is 0.407. The Morgan fingerprint density at radius 1 is 1.03 bits per heavy atom. The van der Waals surface area contributed by atoms with Gasteiger partial charge >= 0.3 is 0 Å². The van der Waals surface area contributed by atoms with Crippen molar-refractivity contribution in [1.29, 1.82) is 0 Å². The van der Waals surface area contributed by atoms with E-state index in [0.717, 1.165) is 22.3 Å². The average molecular weight is 407 g/mol. The van der Waals surface area contributed by atoms with Crippen LogP contribution >= 0.6 is 0 Å². The average Bonchev–Trinajstić information content (AvgIpc) is 2.76. The topological polar surface area (TPSA) is 60.7 Å². The minimum Gasteiger partial charge on any atom is -0.508 e. The summed E-state index contributed by atoms with van der Waals surface area (Å²) in [4.78, 5) is 0. The van der Waals surface area contributed by atoms with Gasteiger partial charge in [0.25, 0.3) is 0 Å². The highest BCUT2D eigenvalue weighted by Gasteiger charge is 2.19.